The number of piperidine rings is 1. The van der Waals surface area contributed by atoms with Crippen LogP contribution in [0.2, 0.25) is 6.32 Å². The molecule has 2 heteroatoms. The fourth-order valence-electron chi connectivity index (χ4n) is 1.30. The van der Waals surface area contributed by atoms with Gasteiger partial charge in [0, 0.05) is 0 Å². The van der Waals surface area contributed by atoms with Gasteiger partial charge in [-0.3, -0.25) is 0 Å². The molecule has 1 heterocycles. The van der Waals surface area contributed by atoms with E-state index in [-0.39, 0.29) is 0 Å². The highest BCUT2D eigenvalue weighted by molar-refractivity contribution is 6.08. The van der Waals surface area contributed by atoms with E-state index >= 15 is 0 Å². The lowest BCUT2D eigenvalue weighted by atomic mass is 9.84. The summed E-state index contributed by atoms with van der Waals surface area (Å²) in [6, 6.07) is 0. The third-order valence-corrected chi connectivity index (χ3v) is 2.17. The van der Waals surface area contributed by atoms with Crippen LogP contribution in [0.4, 0.5) is 0 Å². The lowest BCUT2D eigenvalue weighted by Gasteiger charge is -2.28. The van der Waals surface area contributed by atoms with Crippen molar-refractivity contribution in [3.8, 4) is 0 Å². The van der Waals surface area contributed by atoms with Crippen molar-refractivity contribution in [2.45, 2.75) is 33.0 Å². The first-order valence-corrected chi connectivity index (χ1v) is 4.71. The zero-order chi connectivity index (χ0) is 8.69. The standard InChI is InChI=1S/C7H14BN.C2H6/c1-9-4-2-7(6-8)3-5-9;1-2/h7H,2-6H2,1H3;1-2H3. The van der Waals surface area contributed by atoms with Crippen LogP contribution in [-0.4, -0.2) is 32.9 Å². The van der Waals surface area contributed by atoms with Crippen molar-refractivity contribution in [3.63, 3.8) is 0 Å². The average Bonchev–Trinajstić information content (AvgIpc) is 2.10. The summed E-state index contributed by atoms with van der Waals surface area (Å²) in [6.45, 7) is 6.48. The highest BCUT2D eigenvalue weighted by Gasteiger charge is 2.13. The van der Waals surface area contributed by atoms with Crippen molar-refractivity contribution < 1.29 is 0 Å². The highest BCUT2D eigenvalue weighted by atomic mass is 15.1. The van der Waals surface area contributed by atoms with E-state index in [2.05, 4.69) is 11.9 Å². The predicted molar refractivity (Wildman–Crippen MR) is 52.1 cm³/mol. The minimum absolute atomic E-state index is 0.807. The van der Waals surface area contributed by atoms with Crippen LogP contribution in [0.1, 0.15) is 26.7 Å². The molecule has 0 amide bonds. The highest BCUT2D eigenvalue weighted by Crippen LogP contribution is 2.17. The maximum Gasteiger partial charge on any atom is 0.0656 e. The molecule has 0 aromatic rings. The summed E-state index contributed by atoms with van der Waals surface area (Å²) in [6.07, 6.45) is 3.48. The molecule has 2 radical (unpaired) electrons. The first-order chi connectivity index (χ1) is 5.33. The summed E-state index contributed by atoms with van der Waals surface area (Å²) in [5.41, 5.74) is 0. The molecule has 1 saturated heterocycles. The van der Waals surface area contributed by atoms with E-state index in [1.165, 1.54) is 25.9 Å². The Bertz CT molecular complexity index is 77.6. The van der Waals surface area contributed by atoms with Gasteiger partial charge in [0.1, 0.15) is 0 Å². The van der Waals surface area contributed by atoms with Crippen molar-refractivity contribution in [3.05, 3.63) is 0 Å². The van der Waals surface area contributed by atoms with Gasteiger partial charge in [-0.1, -0.05) is 20.2 Å². The SMILES string of the molecule is CC.[B]CC1CCN(C)CC1. The quantitative estimate of drug-likeness (QED) is 0.520. The van der Waals surface area contributed by atoms with E-state index in [1.54, 1.807) is 0 Å². The topological polar surface area (TPSA) is 3.24 Å². The lowest BCUT2D eigenvalue weighted by molar-refractivity contribution is 0.230. The molecule has 1 rings (SSSR count). The van der Waals surface area contributed by atoms with Crippen molar-refractivity contribution in [2.75, 3.05) is 20.1 Å². The van der Waals surface area contributed by atoms with Crippen LogP contribution in [0.5, 0.6) is 0 Å². The number of likely N-dealkylation sites (tertiary alicyclic amines) is 1. The normalized spacial score (nSPS) is 20.6. The summed E-state index contributed by atoms with van der Waals surface area (Å²) in [5, 5.41) is 0. The van der Waals surface area contributed by atoms with Gasteiger partial charge in [-0.15, -0.1) is 0 Å². The summed E-state index contributed by atoms with van der Waals surface area (Å²) in [7, 11) is 7.70. The molecule has 11 heavy (non-hydrogen) atoms. The number of hydrogen-bond donors (Lipinski definition) is 0. The monoisotopic (exact) mass is 153 g/mol. The molecule has 1 aliphatic heterocycles. The predicted octanol–water partition coefficient (Wildman–Crippen LogP) is 1.94. The Labute approximate surface area is 72.6 Å². The maximum atomic E-state index is 5.53. The van der Waals surface area contributed by atoms with Crippen LogP contribution in [0, 0.1) is 5.92 Å². The van der Waals surface area contributed by atoms with Crippen LogP contribution in [-0.2, 0) is 0 Å². The van der Waals surface area contributed by atoms with Gasteiger partial charge in [0.25, 0.3) is 0 Å². The molecule has 0 N–H and O–H groups in total. The number of nitrogens with zero attached hydrogens (tertiary/aromatic N) is 1. The molecule has 0 aromatic heterocycles. The van der Waals surface area contributed by atoms with Crippen LogP contribution in [0.3, 0.4) is 0 Å². The minimum atomic E-state index is 0.807. The minimum Gasteiger partial charge on any atom is -0.306 e. The van der Waals surface area contributed by atoms with Crippen LogP contribution in [0.25, 0.3) is 0 Å². The molecular formula is C9H20BN. The largest absolute Gasteiger partial charge is 0.306 e. The average molecular weight is 153 g/mol. The Morgan fingerprint density at radius 1 is 1.27 bits per heavy atom. The molecule has 0 aliphatic carbocycles. The molecule has 0 saturated carbocycles. The molecule has 0 atom stereocenters. The number of rotatable bonds is 1. The van der Waals surface area contributed by atoms with E-state index < -0.39 is 0 Å². The van der Waals surface area contributed by atoms with Crippen LogP contribution >= 0.6 is 0 Å². The summed E-state index contributed by atoms with van der Waals surface area (Å²) in [4.78, 5) is 2.37. The summed E-state index contributed by atoms with van der Waals surface area (Å²) in [5.74, 6) is 0.807. The Morgan fingerprint density at radius 2 is 1.73 bits per heavy atom. The van der Waals surface area contributed by atoms with Crippen LogP contribution < -0.4 is 0 Å². The summed E-state index contributed by atoms with van der Waals surface area (Å²) >= 11 is 0. The zero-order valence-electron chi connectivity index (χ0n) is 8.14. The van der Waals surface area contributed by atoms with E-state index in [9.17, 15) is 0 Å². The Morgan fingerprint density at radius 3 is 2.09 bits per heavy atom. The molecule has 1 nitrogen and oxygen atoms in total. The Kier molecular flexibility index (Phi) is 6.73. The fourth-order valence-corrected chi connectivity index (χ4v) is 1.30. The lowest BCUT2D eigenvalue weighted by Crippen LogP contribution is -2.29. The van der Waals surface area contributed by atoms with E-state index in [0.717, 1.165) is 12.2 Å². The molecule has 0 unspecified atom stereocenters. The van der Waals surface area contributed by atoms with E-state index in [1.807, 2.05) is 13.8 Å². The van der Waals surface area contributed by atoms with Gasteiger partial charge < -0.3 is 4.90 Å². The molecule has 64 valence electrons. The van der Waals surface area contributed by atoms with Crippen molar-refractivity contribution in [1.82, 2.24) is 4.90 Å². The zero-order valence-corrected chi connectivity index (χ0v) is 8.14. The van der Waals surface area contributed by atoms with Crippen molar-refractivity contribution in [2.24, 2.45) is 5.92 Å². The molecule has 1 fully saturated rings. The van der Waals surface area contributed by atoms with Gasteiger partial charge in [0.15, 0.2) is 0 Å². The van der Waals surface area contributed by atoms with Crippen LogP contribution in [0.15, 0.2) is 0 Å². The Hall–Kier alpha value is 0.0249. The number of hydrogen-bond acceptors (Lipinski definition) is 1. The van der Waals surface area contributed by atoms with E-state index in [4.69, 9.17) is 7.85 Å². The van der Waals surface area contributed by atoms with Gasteiger partial charge in [0.2, 0.25) is 0 Å². The Balaban J connectivity index is 0.000000461. The maximum absolute atomic E-state index is 5.53. The van der Waals surface area contributed by atoms with Gasteiger partial charge in [-0.25, -0.2) is 0 Å². The molecule has 1 aliphatic rings. The summed E-state index contributed by atoms with van der Waals surface area (Å²) < 4.78 is 0. The van der Waals surface area contributed by atoms with Gasteiger partial charge in [0.05, 0.1) is 7.85 Å². The third-order valence-electron chi connectivity index (χ3n) is 2.17. The second-order valence-corrected chi connectivity index (χ2v) is 2.98. The molecule has 0 aromatic carbocycles. The first kappa shape index (κ1) is 11.0. The molecular weight excluding hydrogens is 133 g/mol. The van der Waals surface area contributed by atoms with E-state index in [0.29, 0.717) is 0 Å². The van der Waals surface area contributed by atoms with Gasteiger partial charge >= 0.3 is 0 Å². The fraction of sp³-hybridized carbons (Fsp3) is 1.00. The molecule has 0 spiro atoms. The first-order valence-electron chi connectivity index (χ1n) is 4.71. The van der Waals surface area contributed by atoms with Crippen molar-refractivity contribution in [1.29, 1.82) is 0 Å². The third kappa shape index (κ3) is 4.46. The van der Waals surface area contributed by atoms with Gasteiger partial charge in [-0.05, 0) is 38.9 Å². The molecule has 0 bridgehead atoms. The van der Waals surface area contributed by atoms with Gasteiger partial charge in [-0.2, -0.15) is 0 Å². The second kappa shape index (κ2) is 6.72. The second-order valence-electron chi connectivity index (χ2n) is 2.98. The van der Waals surface area contributed by atoms with Crippen molar-refractivity contribution >= 4 is 7.85 Å². The smallest absolute Gasteiger partial charge is 0.0656 e.